The molecule has 62 heavy (non-hydrogen) atoms. The van der Waals surface area contributed by atoms with Crippen molar-refractivity contribution in [3.05, 3.63) is 101 Å². The zero-order valence-corrected chi connectivity index (χ0v) is 35.9. The number of hydrogen-bond acceptors (Lipinski definition) is 11. The molecule has 0 saturated carbocycles. The first kappa shape index (κ1) is 46.2. The fraction of sp³-hybridized carbons (Fsp3) is 0.370. The minimum absolute atomic E-state index is 0.00931. The molecule has 16 nitrogen and oxygen atoms in total. The van der Waals surface area contributed by atoms with Crippen LogP contribution in [0.5, 0.6) is 11.5 Å². The van der Waals surface area contributed by atoms with E-state index in [1.165, 1.54) is 25.6 Å². The second-order valence-corrected chi connectivity index (χ2v) is 16.2. The molecule has 4 bridgehead atoms. The van der Waals surface area contributed by atoms with Crippen LogP contribution in [0.1, 0.15) is 72.9 Å². The lowest BCUT2D eigenvalue weighted by Crippen LogP contribution is -2.56. The Labute approximate surface area is 361 Å². The van der Waals surface area contributed by atoms with Crippen LogP contribution in [-0.4, -0.2) is 95.9 Å². The van der Waals surface area contributed by atoms with Crippen LogP contribution in [0.4, 0.5) is 0 Å². The van der Waals surface area contributed by atoms with Crippen LogP contribution in [-0.2, 0) is 31.0 Å². The van der Waals surface area contributed by atoms with E-state index in [1.54, 1.807) is 49.4 Å². The molecule has 4 atom stereocenters. The van der Waals surface area contributed by atoms with Gasteiger partial charge >= 0.3 is 0 Å². The summed E-state index contributed by atoms with van der Waals surface area (Å²) in [6.07, 6.45) is -0.0191. The monoisotopic (exact) mass is 845 g/mol. The molecule has 16 heteroatoms. The summed E-state index contributed by atoms with van der Waals surface area (Å²) in [4.78, 5) is 75.4. The summed E-state index contributed by atoms with van der Waals surface area (Å²) >= 11 is 0. The number of aromatic nitrogens is 1. The standard InChI is InChI=1S/C46H55N9O7/c1-26-32(13-14-35(51-26)29-8-11-31(12-9-29)46(3,4)5)42(58)53-36(17-18-47)45(61)55(6)40-30-10-16-39(62-22-20-49)34(25-30)33-23-28(7-15-38(33)56)24-37(43(59)50-21-19-48)54-41(57)27(2)52-44(40)60/h7-16,23,25,27,36-37,40,56H,17-18,20-22,24,47,49H2,1-6H3,(H,50,59)(H,52,60)(H,53,58)(H,54,57). The molecule has 1 aliphatic rings. The van der Waals surface area contributed by atoms with E-state index < -0.39 is 53.7 Å². The highest BCUT2D eigenvalue weighted by atomic mass is 16.5. The molecule has 4 unspecified atom stereocenters. The zero-order valence-electron chi connectivity index (χ0n) is 35.9. The fourth-order valence-corrected chi connectivity index (χ4v) is 7.18. The molecule has 1 aromatic heterocycles. The highest BCUT2D eigenvalue weighted by Crippen LogP contribution is 2.39. The van der Waals surface area contributed by atoms with Crippen LogP contribution in [0.2, 0.25) is 0 Å². The Morgan fingerprint density at radius 2 is 1.71 bits per heavy atom. The van der Waals surface area contributed by atoms with Crippen molar-refractivity contribution in [3.8, 4) is 40.0 Å². The lowest BCUT2D eigenvalue weighted by Gasteiger charge is -2.32. The number of pyridine rings is 1. The Morgan fingerprint density at radius 3 is 2.35 bits per heavy atom. The van der Waals surface area contributed by atoms with Crippen molar-refractivity contribution >= 4 is 29.5 Å². The number of rotatable bonds is 12. The van der Waals surface area contributed by atoms with Gasteiger partial charge in [0.25, 0.3) is 5.91 Å². The van der Waals surface area contributed by atoms with Gasteiger partial charge in [0.05, 0.1) is 23.0 Å². The Kier molecular flexibility index (Phi) is 15.0. The number of fused-ring (bicyclic) bond motifs is 5. The highest BCUT2D eigenvalue weighted by molar-refractivity contribution is 6.00. The zero-order chi connectivity index (χ0) is 45.3. The highest BCUT2D eigenvalue weighted by Gasteiger charge is 2.36. The van der Waals surface area contributed by atoms with Crippen LogP contribution in [0.15, 0.2) is 72.8 Å². The van der Waals surface area contributed by atoms with Gasteiger partial charge in [0.15, 0.2) is 0 Å². The summed E-state index contributed by atoms with van der Waals surface area (Å²) in [7, 11) is 1.40. The number of nitriles is 1. The maximum atomic E-state index is 14.5. The number of likely N-dealkylation sites (N-methyl/N-ethyl adjacent to an activating group) is 1. The second-order valence-electron chi connectivity index (χ2n) is 16.2. The molecular weight excluding hydrogens is 791 g/mol. The number of phenolic OH excluding ortho intramolecular Hbond substituents is 1. The number of nitrogens with two attached hydrogens (primary N) is 2. The first-order valence-electron chi connectivity index (χ1n) is 20.4. The topological polar surface area (TPSA) is 255 Å². The summed E-state index contributed by atoms with van der Waals surface area (Å²) in [6, 6.07) is 17.7. The van der Waals surface area contributed by atoms with E-state index in [9.17, 15) is 29.1 Å². The Hall–Kier alpha value is -6.83. The molecule has 326 valence electrons. The second kappa shape index (κ2) is 20.2. The summed E-state index contributed by atoms with van der Waals surface area (Å²) in [6.45, 7) is 9.52. The summed E-state index contributed by atoms with van der Waals surface area (Å²) < 4.78 is 5.97. The van der Waals surface area contributed by atoms with E-state index in [1.807, 2.05) is 18.2 Å². The quantitative estimate of drug-likeness (QED) is 0.102. The van der Waals surface area contributed by atoms with Crippen LogP contribution >= 0.6 is 0 Å². The number of amides is 5. The van der Waals surface area contributed by atoms with E-state index in [0.717, 1.165) is 10.5 Å². The lowest BCUT2D eigenvalue weighted by atomic mass is 9.86. The number of carbonyl (C=O) groups is 5. The lowest BCUT2D eigenvalue weighted by molar-refractivity contribution is -0.141. The van der Waals surface area contributed by atoms with Gasteiger partial charge in [-0.05, 0) is 85.3 Å². The van der Waals surface area contributed by atoms with Gasteiger partial charge in [-0.25, -0.2) is 0 Å². The minimum atomic E-state index is -1.41. The van der Waals surface area contributed by atoms with Crippen molar-refractivity contribution in [1.29, 1.82) is 5.26 Å². The Morgan fingerprint density at radius 1 is 0.984 bits per heavy atom. The van der Waals surface area contributed by atoms with Gasteiger partial charge in [0.1, 0.15) is 48.8 Å². The maximum Gasteiger partial charge on any atom is 0.253 e. The number of ether oxygens (including phenoxy) is 1. The molecule has 4 aromatic rings. The molecule has 2 heterocycles. The Balaban J connectivity index is 1.52. The van der Waals surface area contributed by atoms with Crippen molar-refractivity contribution in [2.24, 2.45) is 11.5 Å². The third kappa shape index (κ3) is 10.9. The maximum absolute atomic E-state index is 14.5. The molecule has 5 amide bonds. The number of aryl methyl sites for hydroxylation is 1. The summed E-state index contributed by atoms with van der Waals surface area (Å²) in [5.74, 6) is -3.21. The van der Waals surface area contributed by atoms with E-state index >= 15 is 0 Å². The van der Waals surface area contributed by atoms with Crippen molar-refractivity contribution in [1.82, 2.24) is 31.2 Å². The molecule has 5 rings (SSSR count). The number of benzene rings is 3. The van der Waals surface area contributed by atoms with Gasteiger partial charge in [-0.2, -0.15) is 5.26 Å². The molecule has 0 radical (unpaired) electrons. The smallest absolute Gasteiger partial charge is 0.253 e. The Bertz CT molecular complexity index is 2350. The van der Waals surface area contributed by atoms with Gasteiger partial charge < -0.3 is 47.5 Å². The molecule has 0 fully saturated rings. The molecular formula is C46H55N9O7. The minimum Gasteiger partial charge on any atom is -0.507 e. The third-order valence-electron chi connectivity index (χ3n) is 10.6. The van der Waals surface area contributed by atoms with Crippen molar-refractivity contribution in [3.63, 3.8) is 0 Å². The molecule has 0 spiro atoms. The molecule has 0 aliphatic carbocycles. The summed E-state index contributed by atoms with van der Waals surface area (Å²) in [5, 5.41) is 30.9. The van der Waals surface area contributed by atoms with Gasteiger partial charge in [-0.3, -0.25) is 29.0 Å². The van der Waals surface area contributed by atoms with Crippen LogP contribution in [0.3, 0.4) is 0 Å². The number of aromatic hydroxyl groups is 1. The van der Waals surface area contributed by atoms with Crippen LogP contribution < -0.4 is 37.5 Å². The number of nitrogens with zero attached hydrogens (tertiary/aromatic N) is 3. The van der Waals surface area contributed by atoms with E-state index in [0.29, 0.717) is 28.3 Å². The predicted octanol–water partition coefficient (Wildman–Crippen LogP) is 2.90. The van der Waals surface area contributed by atoms with Gasteiger partial charge in [-0.15, -0.1) is 0 Å². The average Bonchev–Trinajstić information content (AvgIpc) is 3.24. The first-order valence-corrected chi connectivity index (χ1v) is 20.4. The van der Waals surface area contributed by atoms with E-state index in [-0.39, 0.29) is 66.9 Å². The van der Waals surface area contributed by atoms with Crippen molar-refractivity contribution < 1.29 is 33.8 Å². The van der Waals surface area contributed by atoms with Crippen molar-refractivity contribution in [2.45, 2.75) is 77.0 Å². The molecule has 0 saturated heterocycles. The largest absolute Gasteiger partial charge is 0.507 e. The number of phenols is 1. The SMILES string of the molecule is Cc1nc(-c2ccc(C(C)(C)C)cc2)ccc1C(=O)NC(CCN)C(=O)N(C)C1C(=O)NC(C)C(=O)NC(C(=O)NCC#N)Cc2ccc(O)c(c2)-c2cc1ccc2OCCN. The first-order chi connectivity index (χ1) is 29.5. The normalized spacial score (nSPS) is 17.0. The van der Waals surface area contributed by atoms with Gasteiger partial charge in [0.2, 0.25) is 23.6 Å². The predicted molar refractivity (Wildman–Crippen MR) is 234 cm³/mol. The van der Waals surface area contributed by atoms with Gasteiger partial charge in [0, 0.05) is 36.7 Å². The van der Waals surface area contributed by atoms with E-state index in [2.05, 4.69) is 54.2 Å². The molecule has 9 N–H and O–H groups in total. The molecule has 1 aliphatic heterocycles. The van der Waals surface area contributed by atoms with Gasteiger partial charge in [-0.1, -0.05) is 57.2 Å². The fourth-order valence-electron chi connectivity index (χ4n) is 7.18. The molecule has 3 aromatic carbocycles. The summed E-state index contributed by atoms with van der Waals surface area (Å²) in [5.41, 5.74) is 16.6. The van der Waals surface area contributed by atoms with Crippen molar-refractivity contribution in [2.75, 3.05) is 33.3 Å². The number of carbonyl (C=O) groups excluding carboxylic acids is 5. The number of nitrogens with one attached hydrogen (secondary N) is 4. The van der Waals surface area contributed by atoms with Crippen LogP contribution in [0, 0.1) is 18.3 Å². The average molecular weight is 846 g/mol. The third-order valence-corrected chi connectivity index (χ3v) is 10.6. The number of hydrogen-bond donors (Lipinski definition) is 7. The van der Waals surface area contributed by atoms with E-state index in [4.69, 9.17) is 26.5 Å². The van der Waals surface area contributed by atoms with Crippen LogP contribution in [0.25, 0.3) is 22.4 Å².